The third-order valence-electron chi connectivity index (χ3n) is 4.92. The van der Waals surface area contributed by atoms with Crippen molar-refractivity contribution in [2.45, 2.75) is 27.3 Å². The first-order valence-electron chi connectivity index (χ1n) is 9.44. The number of anilines is 1. The van der Waals surface area contributed by atoms with Crippen molar-refractivity contribution in [3.05, 3.63) is 71.0 Å². The fourth-order valence-corrected chi connectivity index (χ4v) is 3.34. The molecule has 0 aliphatic rings. The van der Waals surface area contributed by atoms with Gasteiger partial charge in [0.15, 0.2) is 0 Å². The van der Waals surface area contributed by atoms with E-state index in [4.69, 9.17) is 9.47 Å². The highest BCUT2D eigenvalue weighted by Crippen LogP contribution is 2.29. The van der Waals surface area contributed by atoms with Crippen molar-refractivity contribution in [3.63, 3.8) is 0 Å². The van der Waals surface area contributed by atoms with Crippen molar-refractivity contribution in [1.82, 2.24) is 9.88 Å². The predicted octanol–water partition coefficient (Wildman–Crippen LogP) is 4.74. The topological polar surface area (TPSA) is 64.5 Å². The SMILES string of the molecule is COc1ccc(NC(=O)NCc2cc(C)n(-c3ccc(C)cc3)c2C)c(OC)c1. The first-order valence-corrected chi connectivity index (χ1v) is 9.44. The molecule has 0 aliphatic carbocycles. The normalized spacial score (nSPS) is 10.5. The van der Waals surface area contributed by atoms with Gasteiger partial charge in [-0.1, -0.05) is 17.7 Å². The Bertz CT molecular complexity index is 1010. The molecule has 1 aromatic heterocycles. The van der Waals surface area contributed by atoms with Gasteiger partial charge in [-0.3, -0.25) is 0 Å². The Labute approximate surface area is 171 Å². The van der Waals surface area contributed by atoms with Crippen LogP contribution >= 0.6 is 0 Å². The molecule has 6 heteroatoms. The molecule has 0 bridgehead atoms. The molecule has 1 heterocycles. The lowest BCUT2D eigenvalue weighted by molar-refractivity contribution is 0.251. The Morgan fingerprint density at radius 1 is 0.966 bits per heavy atom. The summed E-state index contributed by atoms with van der Waals surface area (Å²) in [6.07, 6.45) is 0. The lowest BCUT2D eigenvalue weighted by Gasteiger charge is -2.13. The molecule has 0 saturated heterocycles. The largest absolute Gasteiger partial charge is 0.497 e. The minimum atomic E-state index is -0.298. The molecule has 3 aromatic rings. The molecule has 0 saturated carbocycles. The molecule has 3 rings (SSSR count). The van der Waals surface area contributed by atoms with Gasteiger partial charge in [-0.05, 0) is 56.7 Å². The summed E-state index contributed by atoms with van der Waals surface area (Å²) in [5.41, 5.74) is 6.22. The van der Waals surface area contributed by atoms with Gasteiger partial charge in [-0.2, -0.15) is 0 Å². The summed E-state index contributed by atoms with van der Waals surface area (Å²) in [6, 6.07) is 15.5. The van der Waals surface area contributed by atoms with Crippen LogP contribution in [0.25, 0.3) is 5.69 Å². The predicted molar refractivity (Wildman–Crippen MR) is 115 cm³/mol. The molecule has 2 amide bonds. The summed E-state index contributed by atoms with van der Waals surface area (Å²) in [7, 11) is 3.14. The first-order chi connectivity index (χ1) is 13.9. The highest BCUT2D eigenvalue weighted by Gasteiger charge is 2.13. The van der Waals surface area contributed by atoms with Crippen LogP contribution in [-0.2, 0) is 6.54 Å². The van der Waals surface area contributed by atoms with E-state index < -0.39 is 0 Å². The van der Waals surface area contributed by atoms with Gasteiger partial charge < -0.3 is 24.7 Å². The number of hydrogen-bond donors (Lipinski definition) is 2. The van der Waals surface area contributed by atoms with Gasteiger partial charge in [0.1, 0.15) is 11.5 Å². The van der Waals surface area contributed by atoms with Crippen molar-refractivity contribution < 1.29 is 14.3 Å². The third kappa shape index (κ3) is 4.54. The van der Waals surface area contributed by atoms with Crippen LogP contribution in [0, 0.1) is 20.8 Å². The molecule has 6 nitrogen and oxygen atoms in total. The Morgan fingerprint density at radius 2 is 1.69 bits per heavy atom. The quantitative estimate of drug-likeness (QED) is 0.636. The molecular weight excluding hydrogens is 366 g/mol. The van der Waals surface area contributed by atoms with Crippen molar-refractivity contribution in [3.8, 4) is 17.2 Å². The number of amides is 2. The van der Waals surface area contributed by atoms with E-state index >= 15 is 0 Å². The second-order valence-electron chi connectivity index (χ2n) is 6.94. The van der Waals surface area contributed by atoms with Crippen molar-refractivity contribution in [2.75, 3.05) is 19.5 Å². The third-order valence-corrected chi connectivity index (χ3v) is 4.92. The zero-order valence-electron chi connectivity index (χ0n) is 17.5. The number of nitrogens with one attached hydrogen (secondary N) is 2. The standard InChI is InChI=1S/C23H27N3O3/c1-15-6-8-19(9-7-15)26-16(2)12-18(17(26)3)14-24-23(27)25-21-11-10-20(28-4)13-22(21)29-5/h6-13H,14H2,1-5H3,(H2,24,25,27). The number of hydrogen-bond acceptors (Lipinski definition) is 3. The first kappa shape index (κ1) is 20.3. The van der Waals surface area contributed by atoms with E-state index in [0.29, 0.717) is 23.7 Å². The number of ether oxygens (including phenoxy) is 2. The Balaban J connectivity index is 1.70. The van der Waals surface area contributed by atoms with E-state index in [1.165, 1.54) is 5.56 Å². The summed E-state index contributed by atoms with van der Waals surface area (Å²) >= 11 is 0. The maximum atomic E-state index is 12.4. The molecule has 0 fully saturated rings. The minimum absolute atomic E-state index is 0.298. The highest BCUT2D eigenvalue weighted by atomic mass is 16.5. The fourth-order valence-electron chi connectivity index (χ4n) is 3.34. The summed E-state index contributed by atoms with van der Waals surface area (Å²) in [4.78, 5) is 12.4. The van der Waals surface area contributed by atoms with Gasteiger partial charge >= 0.3 is 6.03 Å². The van der Waals surface area contributed by atoms with Gasteiger partial charge in [-0.15, -0.1) is 0 Å². The average molecular weight is 393 g/mol. The molecule has 29 heavy (non-hydrogen) atoms. The van der Waals surface area contributed by atoms with Crippen molar-refractivity contribution >= 4 is 11.7 Å². The number of urea groups is 1. The number of rotatable bonds is 6. The molecule has 0 spiro atoms. The highest BCUT2D eigenvalue weighted by molar-refractivity contribution is 5.91. The van der Waals surface area contributed by atoms with Crippen LogP contribution in [0.3, 0.4) is 0 Å². The minimum Gasteiger partial charge on any atom is -0.497 e. The van der Waals surface area contributed by atoms with Crippen LogP contribution in [0.15, 0.2) is 48.5 Å². The zero-order chi connectivity index (χ0) is 21.0. The van der Waals surface area contributed by atoms with Crippen LogP contribution in [-0.4, -0.2) is 24.8 Å². The van der Waals surface area contributed by atoms with E-state index in [1.54, 1.807) is 32.4 Å². The van der Waals surface area contributed by atoms with Gasteiger partial charge in [0.25, 0.3) is 0 Å². The number of carbonyl (C=O) groups excluding carboxylic acids is 1. The van der Waals surface area contributed by atoms with Crippen molar-refractivity contribution in [1.29, 1.82) is 0 Å². The van der Waals surface area contributed by atoms with E-state index in [0.717, 1.165) is 22.6 Å². The van der Waals surface area contributed by atoms with E-state index in [2.05, 4.69) is 66.3 Å². The smallest absolute Gasteiger partial charge is 0.319 e. The van der Waals surface area contributed by atoms with E-state index in [1.807, 2.05) is 0 Å². The monoisotopic (exact) mass is 393 g/mol. The van der Waals surface area contributed by atoms with Crippen LogP contribution < -0.4 is 20.1 Å². The number of aromatic nitrogens is 1. The van der Waals surface area contributed by atoms with Crippen LogP contribution in [0.5, 0.6) is 11.5 Å². The van der Waals surface area contributed by atoms with Crippen molar-refractivity contribution in [2.24, 2.45) is 0 Å². The molecule has 2 aromatic carbocycles. The van der Waals surface area contributed by atoms with E-state index in [-0.39, 0.29) is 6.03 Å². The lowest BCUT2D eigenvalue weighted by atomic mass is 10.2. The van der Waals surface area contributed by atoms with Crippen LogP contribution in [0.2, 0.25) is 0 Å². The summed E-state index contributed by atoms with van der Waals surface area (Å²) < 4.78 is 12.7. The zero-order valence-corrected chi connectivity index (χ0v) is 17.5. The number of carbonyl (C=O) groups is 1. The second-order valence-corrected chi connectivity index (χ2v) is 6.94. The van der Waals surface area contributed by atoms with Gasteiger partial charge in [0.05, 0.1) is 19.9 Å². The second kappa shape index (κ2) is 8.73. The Morgan fingerprint density at radius 3 is 2.34 bits per heavy atom. The molecule has 0 unspecified atom stereocenters. The summed E-state index contributed by atoms with van der Waals surface area (Å²) in [5, 5.41) is 5.74. The van der Waals surface area contributed by atoms with Gasteiger partial charge in [0, 0.05) is 29.7 Å². The fraction of sp³-hybridized carbons (Fsp3) is 0.261. The molecular formula is C23H27N3O3. The van der Waals surface area contributed by atoms with Gasteiger partial charge in [-0.25, -0.2) is 4.79 Å². The molecule has 0 atom stereocenters. The maximum Gasteiger partial charge on any atom is 0.319 e. The molecule has 2 N–H and O–H groups in total. The number of aryl methyl sites for hydroxylation is 2. The molecule has 152 valence electrons. The maximum absolute atomic E-state index is 12.4. The van der Waals surface area contributed by atoms with Gasteiger partial charge in [0.2, 0.25) is 0 Å². The van der Waals surface area contributed by atoms with E-state index in [9.17, 15) is 4.79 Å². The summed E-state index contributed by atoms with van der Waals surface area (Å²) in [6.45, 7) is 6.63. The molecule has 0 radical (unpaired) electrons. The Kier molecular flexibility index (Phi) is 6.12. The lowest BCUT2D eigenvalue weighted by Crippen LogP contribution is -2.28. The van der Waals surface area contributed by atoms with Crippen LogP contribution in [0.4, 0.5) is 10.5 Å². The Hall–Kier alpha value is -3.41. The number of methoxy groups -OCH3 is 2. The summed E-state index contributed by atoms with van der Waals surface area (Å²) in [5.74, 6) is 1.20. The average Bonchev–Trinajstić information content (AvgIpc) is 3.00. The molecule has 0 aliphatic heterocycles. The van der Waals surface area contributed by atoms with Crippen LogP contribution in [0.1, 0.15) is 22.5 Å². The number of nitrogens with zero attached hydrogens (tertiary/aromatic N) is 1. The number of benzene rings is 2.